The molecule has 14 heteroatoms. The van der Waals surface area contributed by atoms with E-state index in [-0.39, 0.29) is 27.9 Å². The number of nitrogens with one attached hydrogen (secondary N) is 2. The summed E-state index contributed by atoms with van der Waals surface area (Å²) in [4.78, 5) is 12.5. The van der Waals surface area contributed by atoms with Crippen molar-refractivity contribution in [3.63, 3.8) is 0 Å². The predicted octanol–water partition coefficient (Wildman–Crippen LogP) is 3.53. The second-order valence-electron chi connectivity index (χ2n) is 6.28. The van der Waals surface area contributed by atoms with Gasteiger partial charge in [0.05, 0.1) is 11.3 Å². The molecule has 0 aliphatic carbocycles. The Hall–Kier alpha value is -3.13. The topological polar surface area (TPSA) is 115 Å². The highest BCUT2D eigenvalue weighted by Gasteiger charge is 2.49. The van der Waals surface area contributed by atoms with Gasteiger partial charge in [0.15, 0.2) is 5.75 Å². The highest BCUT2D eigenvalue weighted by molar-refractivity contribution is 7.88. The molecule has 0 bridgehead atoms. The third-order valence-electron chi connectivity index (χ3n) is 4.09. The van der Waals surface area contributed by atoms with Gasteiger partial charge in [-0.05, 0) is 30.3 Å². The molecule has 8 nitrogen and oxygen atoms in total. The van der Waals surface area contributed by atoms with E-state index in [9.17, 15) is 35.0 Å². The van der Waals surface area contributed by atoms with Crippen LogP contribution >= 0.6 is 0 Å². The summed E-state index contributed by atoms with van der Waals surface area (Å²) in [5.41, 5.74) is -6.08. The highest BCUT2D eigenvalue weighted by atomic mass is 32.2. The van der Waals surface area contributed by atoms with Gasteiger partial charge in [0.25, 0.3) is 5.91 Å². The fourth-order valence-electron chi connectivity index (χ4n) is 2.75. The molecule has 0 saturated heterocycles. The van der Waals surface area contributed by atoms with Crippen LogP contribution in [0.15, 0.2) is 40.8 Å². The normalized spacial score (nSPS) is 13.1. The van der Waals surface area contributed by atoms with Crippen LogP contribution in [0.4, 0.5) is 23.2 Å². The molecule has 1 heterocycles. The van der Waals surface area contributed by atoms with Crippen molar-refractivity contribution in [1.29, 1.82) is 0 Å². The molecule has 0 aliphatic heterocycles. The Kier molecular flexibility index (Phi) is 6.20. The predicted molar refractivity (Wildman–Crippen MR) is 108 cm³/mol. The smallest absolute Gasteiger partial charge is 0.455 e. The lowest BCUT2D eigenvalue weighted by molar-refractivity contribution is -0.0499. The number of fused-ring (bicyclic) bond motifs is 1. The van der Waals surface area contributed by atoms with Gasteiger partial charge in [-0.3, -0.25) is 4.79 Å². The Morgan fingerprint density at radius 1 is 1.16 bits per heavy atom. The third-order valence-corrected chi connectivity index (χ3v) is 5.56. The van der Waals surface area contributed by atoms with Crippen molar-refractivity contribution in [3.05, 3.63) is 47.8 Å². The summed E-state index contributed by atoms with van der Waals surface area (Å²) in [6, 6.07) is 6.71. The molecule has 0 radical (unpaired) electrons. The minimum atomic E-state index is -6.08. The molecular formula is C18H14F4N2O6S2. The molecule has 2 N–H and O–H groups in total. The summed E-state index contributed by atoms with van der Waals surface area (Å²) in [5.74, 6) is -2.19. The first-order chi connectivity index (χ1) is 14.8. The number of alkyl halides is 3. The van der Waals surface area contributed by atoms with Crippen molar-refractivity contribution in [3.8, 4) is 17.1 Å². The molecule has 0 fully saturated rings. The molecular weight excluding hydrogens is 480 g/mol. The fraction of sp³-hybridized carbons (Fsp3) is 0.167. The van der Waals surface area contributed by atoms with Gasteiger partial charge in [-0.2, -0.15) is 21.6 Å². The summed E-state index contributed by atoms with van der Waals surface area (Å²) in [6.07, 6.45) is 1.15. The molecule has 3 rings (SSSR count). The minimum Gasteiger partial charge on any atom is -0.455 e. The van der Waals surface area contributed by atoms with Crippen molar-refractivity contribution in [2.24, 2.45) is 0 Å². The Balaban J connectivity index is 2.31. The van der Waals surface area contributed by atoms with Crippen molar-refractivity contribution in [2.45, 2.75) is 5.51 Å². The lowest BCUT2D eigenvalue weighted by Crippen LogP contribution is -2.28. The zero-order chi connectivity index (χ0) is 23.8. The monoisotopic (exact) mass is 494 g/mol. The van der Waals surface area contributed by atoms with Gasteiger partial charge in [0.1, 0.15) is 28.1 Å². The van der Waals surface area contributed by atoms with Crippen LogP contribution < -0.4 is 14.2 Å². The number of rotatable bonds is 6. The molecule has 32 heavy (non-hydrogen) atoms. The van der Waals surface area contributed by atoms with Gasteiger partial charge in [0, 0.05) is 30.3 Å². The van der Waals surface area contributed by atoms with E-state index in [1.807, 2.05) is 0 Å². The van der Waals surface area contributed by atoms with Crippen molar-refractivity contribution < 1.29 is 43.6 Å². The maximum Gasteiger partial charge on any atom is 0.534 e. The second kappa shape index (κ2) is 8.43. The number of anilines is 1. The maximum atomic E-state index is 13.3. The van der Waals surface area contributed by atoms with E-state index in [2.05, 4.69) is 14.2 Å². The van der Waals surface area contributed by atoms with E-state index < -0.39 is 49.8 Å². The van der Waals surface area contributed by atoms with E-state index >= 15 is 0 Å². The molecule has 0 saturated carbocycles. The number of hydrogen-bond acceptors (Lipinski definition) is 6. The van der Waals surface area contributed by atoms with Gasteiger partial charge >= 0.3 is 15.6 Å². The summed E-state index contributed by atoms with van der Waals surface area (Å²) in [6.45, 7) is 0. The molecule has 1 unspecified atom stereocenters. The van der Waals surface area contributed by atoms with Crippen molar-refractivity contribution in [2.75, 3.05) is 18.0 Å². The summed E-state index contributed by atoms with van der Waals surface area (Å²) < 4.78 is 98.7. The lowest BCUT2D eigenvalue weighted by atomic mass is 10.0. The van der Waals surface area contributed by atoms with Crippen LogP contribution in [0.5, 0.6) is 5.75 Å². The van der Waals surface area contributed by atoms with Gasteiger partial charge in [-0.1, -0.05) is 0 Å². The van der Waals surface area contributed by atoms with Gasteiger partial charge in [-0.25, -0.2) is 8.60 Å². The first kappa shape index (κ1) is 23.5. The first-order valence-electron chi connectivity index (χ1n) is 8.53. The highest BCUT2D eigenvalue weighted by Crippen LogP contribution is 2.40. The van der Waals surface area contributed by atoms with Crippen molar-refractivity contribution >= 4 is 43.7 Å². The SMILES string of the molecule is CNC(=O)c1c(-c2ccc(F)cc2)oc2cc(NS(C)=O)c(OS(=O)(=O)C(F)(F)F)cc12. The quantitative estimate of drug-likeness (QED) is 0.308. The molecule has 172 valence electrons. The molecule has 1 amide bonds. The van der Waals surface area contributed by atoms with E-state index in [4.69, 9.17) is 4.42 Å². The van der Waals surface area contributed by atoms with Crippen LogP contribution in [0.1, 0.15) is 10.4 Å². The second-order valence-corrected chi connectivity index (χ2v) is 8.93. The number of furan rings is 1. The molecule has 0 aliphatic rings. The maximum absolute atomic E-state index is 13.3. The summed E-state index contributed by atoms with van der Waals surface area (Å²) >= 11 is 0. The average Bonchev–Trinajstić information content (AvgIpc) is 3.04. The minimum absolute atomic E-state index is 0.0567. The Morgan fingerprint density at radius 2 is 1.78 bits per heavy atom. The molecule has 1 atom stereocenters. The number of benzene rings is 2. The zero-order valence-electron chi connectivity index (χ0n) is 16.2. The third kappa shape index (κ3) is 4.55. The molecule has 3 aromatic rings. The van der Waals surface area contributed by atoms with Crippen LogP contribution in [-0.4, -0.2) is 37.3 Å². The van der Waals surface area contributed by atoms with E-state index in [1.165, 1.54) is 19.2 Å². The molecule has 2 aromatic carbocycles. The van der Waals surface area contributed by atoms with E-state index in [0.717, 1.165) is 30.5 Å². The Labute approximate surface area is 181 Å². The van der Waals surface area contributed by atoms with Crippen LogP contribution in [-0.2, 0) is 21.1 Å². The molecule has 0 spiro atoms. The fourth-order valence-corrected chi connectivity index (χ4v) is 3.68. The summed E-state index contributed by atoms with van der Waals surface area (Å²) in [5, 5.41) is 2.25. The largest absolute Gasteiger partial charge is 0.534 e. The van der Waals surface area contributed by atoms with Crippen LogP contribution in [0.3, 0.4) is 0 Å². The standard InChI is InChI=1S/C18H14F4N2O6S2/c1-23-17(25)15-11-7-14(30-32(27,28)18(20,21)22)12(24-31(2)26)8-13(11)29-16(15)9-3-5-10(19)6-4-9/h3-8,24H,1-2H3,(H,23,25). The van der Waals surface area contributed by atoms with E-state index in [1.54, 1.807) is 0 Å². The number of carbonyl (C=O) groups excluding carboxylic acids is 1. The van der Waals surface area contributed by atoms with Crippen LogP contribution in [0.2, 0.25) is 0 Å². The lowest BCUT2D eigenvalue weighted by Gasteiger charge is -2.13. The number of amides is 1. The first-order valence-corrected chi connectivity index (χ1v) is 11.5. The number of carbonyl (C=O) groups is 1. The van der Waals surface area contributed by atoms with Gasteiger partial charge < -0.3 is 18.6 Å². The zero-order valence-corrected chi connectivity index (χ0v) is 17.9. The van der Waals surface area contributed by atoms with Crippen molar-refractivity contribution in [1.82, 2.24) is 5.32 Å². The summed E-state index contributed by atoms with van der Waals surface area (Å²) in [7, 11) is -6.62. The van der Waals surface area contributed by atoms with Gasteiger partial charge in [0.2, 0.25) is 0 Å². The number of halogens is 4. The average molecular weight is 494 g/mol. The molecule has 1 aromatic heterocycles. The van der Waals surface area contributed by atoms with Crippen LogP contribution in [0, 0.1) is 5.82 Å². The number of hydrogen-bond donors (Lipinski definition) is 2. The Bertz CT molecular complexity index is 1320. The van der Waals surface area contributed by atoms with E-state index in [0.29, 0.717) is 0 Å². The van der Waals surface area contributed by atoms with Gasteiger partial charge in [-0.15, -0.1) is 0 Å². The van der Waals surface area contributed by atoms with Crippen LogP contribution in [0.25, 0.3) is 22.3 Å². The Morgan fingerprint density at radius 3 is 2.31 bits per heavy atom.